The number of likely N-dealkylation sites (N-methyl/N-ethyl adjacent to an activating group) is 1. The van der Waals surface area contributed by atoms with Gasteiger partial charge in [-0.05, 0) is 30.7 Å². The molecule has 0 bridgehead atoms. The highest BCUT2D eigenvalue weighted by Gasteiger charge is 2.08. The monoisotopic (exact) mass is 326 g/mol. The van der Waals surface area contributed by atoms with E-state index in [-0.39, 0.29) is 5.91 Å². The third kappa shape index (κ3) is 5.39. The van der Waals surface area contributed by atoms with Crippen LogP contribution in [-0.4, -0.2) is 31.5 Å². The third-order valence-electron chi connectivity index (χ3n) is 3.97. The van der Waals surface area contributed by atoms with Gasteiger partial charge in [0.25, 0.3) is 0 Å². The number of benzene rings is 2. The van der Waals surface area contributed by atoms with Crippen molar-refractivity contribution < 1.29 is 9.53 Å². The highest BCUT2D eigenvalue weighted by molar-refractivity contribution is 5.78. The first kappa shape index (κ1) is 18.0. The molecule has 0 aliphatic rings. The van der Waals surface area contributed by atoms with E-state index in [0.29, 0.717) is 13.1 Å². The van der Waals surface area contributed by atoms with Crippen molar-refractivity contribution in [3.63, 3.8) is 0 Å². The Bertz CT molecular complexity index is 653. The van der Waals surface area contributed by atoms with Crippen LogP contribution in [0.4, 0.5) is 0 Å². The van der Waals surface area contributed by atoms with Crippen LogP contribution in [0.2, 0.25) is 0 Å². The van der Waals surface area contributed by atoms with Crippen molar-refractivity contribution in [2.45, 2.75) is 26.4 Å². The molecular weight excluding hydrogens is 300 g/mol. The maximum Gasteiger partial charge on any atom is 0.234 e. The SMILES string of the molecule is CCc1ccc(CN(C)CC(=O)NCc2ccccc2OC)cc1. The second kappa shape index (κ2) is 9.08. The first-order valence-electron chi connectivity index (χ1n) is 8.27. The second-order valence-corrected chi connectivity index (χ2v) is 5.93. The summed E-state index contributed by atoms with van der Waals surface area (Å²) in [5.74, 6) is 0.802. The van der Waals surface area contributed by atoms with Gasteiger partial charge in [0.2, 0.25) is 5.91 Å². The Hall–Kier alpha value is -2.33. The van der Waals surface area contributed by atoms with E-state index in [1.54, 1.807) is 7.11 Å². The van der Waals surface area contributed by atoms with Gasteiger partial charge in [-0.15, -0.1) is 0 Å². The van der Waals surface area contributed by atoms with Gasteiger partial charge in [0.1, 0.15) is 5.75 Å². The van der Waals surface area contributed by atoms with Crippen molar-refractivity contribution in [1.82, 2.24) is 10.2 Å². The largest absolute Gasteiger partial charge is 0.496 e. The summed E-state index contributed by atoms with van der Waals surface area (Å²) >= 11 is 0. The molecule has 0 aliphatic carbocycles. The summed E-state index contributed by atoms with van der Waals surface area (Å²) in [7, 11) is 3.59. The van der Waals surface area contributed by atoms with Crippen LogP contribution < -0.4 is 10.1 Å². The molecule has 2 aromatic rings. The molecular formula is C20H26N2O2. The molecule has 2 rings (SSSR count). The number of aryl methyl sites for hydroxylation is 1. The van der Waals surface area contributed by atoms with Crippen LogP contribution >= 0.6 is 0 Å². The Labute approximate surface area is 144 Å². The van der Waals surface area contributed by atoms with Crippen molar-refractivity contribution in [3.05, 3.63) is 65.2 Å². The third-order valence-corrected chi connectivity index (χ3v) is 3.97. The van der Waals surface area contributed by atoms with Gasteiger partial charge in [0.05, 0.1) is 13.7 Å². The molecule has 0 fully saturated rings. The van der Waals surface area contributed by atoms with Gasteiger partial charge in [-0.1, -0.05) is 49.4 Å². The Morgan fingerprint density at radius 2 is 1.75 bits per heavy atom. The van der Waals surface area contributed by atoms with Crippen LogP contribution in [0.25, 0.3) is 0 Å². The van der Waals surface area contributed by atoms with E-state index in [1.807, 2.05) is 36.2 Å². The van der Waals surface area contributed by atoms with Crippen molar-refractivity contribution in [2.24, 2.45) is 0 Å². The van der Waals surface area contributed by atoms with E-state index in [1.165, 1.54) is 11.1 Å². The van der Waals surface area contributed by atoms with Crippen LogP contribution in [0.1, 0.15) is 23.6 Å². The highest BCUT2D eigenvalue weighted by Crippen LogP contribution is 2.16. The predicted octanol–water partition coefficient (Wildman–Crippen LogP) is 3.01. The molecule has 0 aromatic heterocycles. The number of hydrogen-bond donors (Lipinski definition) is 1. The summed E-state index contributed by atoms with van der Waals surface area (Å²) in [4.78, 5) is 14.1. The first-order chi connectivity index (χ1) is 11.6. The lowest BCUT2D eigenvalue weighted by Crippen LogP contribution is -2.34. The van der Waals surface area contributed by atoms with Crippen LogP contribution in [-0.2, 0) is 24.3 Å². The summed E-state index contributed by atoms with van der Waals surface area (Å²) in [5.41, 5.74) is 3.52. The van der Waals surface area contributed by atoms with Crippen molar-refractivity contribution in [2.75, 3.05) is 20.7 Å². The highest BCUT2D eigenvalue weighted by atomic mass is 16.5. The number of amides is 1. The molecule has 0 saturated carbocycles. The summed E-state index contributed by atoms with van der Waals surface area (Å²) < 4.78 is 5.29. The van der Waals surface area contributed by atoms with E-state index in [2.05, 4.69) is 36.5 Å². The van der Waals surface area contributed by atoms with E-state index < -0.39 is 0 Å². The minimum atomic E-state index is 0.00795. The molecule has 0 saturated heterocycles. The normalized spacial score (nSPS) is 10.7. The quantitative estimate of drug-likeness (QED) is 0.811. The summed E-state index contributed by atoms with van der Waals surface area (Å²) in [6.45, 7) is 3.74. The number of nitrogens with one attached hydrogen (secondary N) is 1. The molecule has 0 unspecified atom stereocenters. The van der Waals surface area contributed by atoms with Gasteiger partial charge in [0.15, 0.2) is 0 Å². The zero-order valence-corrected chi connectivity index (χ0v) is 14.7. The molecule has 4 nitrogen and oxygen atoms in total. The fraction of sp³-hybridized carbons (Fsp3) is 0.350. The van der Waals surface area contributed by atoms with Gasteiger partial charge < -0.3 is 10.1 Å². The molecule has 4 heteroatoms. The Morgan fingerprint density at radius 1 is 1.08 bits per heavy atom. The number of nitrogens with zero attached hydrogens (tertiary/aromatic N) is 1. The average molecular weight is 326 g/mol. The summed E-state index contributed by atoms with van der Waals surface area (Å²) in [6.07, 6.45) is 1.04. The number of hydrogen-bond acceptors (Lipinski definition) is 3. The maximum atomic E-state index is 12.1. The summed E-state index contributed by atoms with van der Waals surface area (Å²) in [6, 6.07) is 16.3. The Morgan fingerprint density at radius 3 is 2.42 bits per heavy atom. The van der Waals surface area contributed by atoms with Gasteiger partial charge in [0, 0.05) is 18.7 Å². The number of methoxy groups -OCH3 is 1. The predicted molar refractivity (Wildman–Crippen MR) is 97.0 cm³/mol. The lowest BCUT2D eigenvalue weighted by atomic mass is 10.1. The average Bonchev–Trinajstić information content (AvgIpc) is 2.60. The molecule has 128 valence electrons. The molecule has 0 aliphatic heterocycles. The smallest absolute Gasteiger partial charge is 0.234 e. The van der Waals surface area contributed by atoms with Crippen molar-refractivity contribution >= 4 is 5.91 Å². The number of rotatable bonds is 8. The molecule has 1 amide bonds. The van der Waals surface area contributed by atoms with E-state index >= 15 is 0 Å². The topological polar surface area (TPSA) is 41.6 Å². The first-order valence-corrected chi connectivity index (χ1v) is 8.27. The van der Waals surface area contributed by atoms with E-state index in [0.717, 1.165) is 24.3 Å². The van der Waals surface area contributed by atoms with E-state index in [4.69, 9.17) is 4.74 Å². The lowest BCUT2D eigenvalue weighted by molar-refractivity contribution is -0.122. The van der Waals surface area contributed by atoms with Crippen molar-refractivity contribution in [3.8, 4) is 5.75 Å². The fourth-order valence-electron chi connectivity index (χ4n) is 2.59. The molecule has 24 heavy (non-hydrogen) atoms. The van der Waals surface area contributed by atoms with Gasteiger partial charge in [-0.3, -0.25) is 9.69 Å². The molecule has 0 atom stereocenters. The standard InChI is InChI=1S/C20H26N2O2/c1-4-16-9-11-17(12-10-16)14-22(2)15-20(23)21-13-18-7-5-6-8-19(18)24-3/h5-12H,4,13-15H2,1-3H3,(H,21,23). The number of carbonyl (C=O) groups excluding carboxylic acids is 1. The second-order valence-electron chi connectivity index (χ2n) is 5.93. The van der Waals surface area contributed by atoms with Crippen molar-refractivity contribution in [1.29, 1.82) is 0 Å². The Kier molecular flexibility index (Phi) is 6.82. The molecule has 2 aromatic carbocycles. The maximum absolute atomic E-state index is 12.1. The molecule has 0 radical (unpaired) electrons. The molecule has 0 spiro atoms. The van der Waals surface area contributed by atoms with Crippen LogP contribution in [0.3, 0.4) is 0 Å². The number of ether oxygens (including phenoxy) is 1. The van der Waals surface area contributed by atoms with Crippen LogP contribution in [0.15, 0.2) is 48.5 Å². The minimum Gasteiger partial charge on any atom is -0.496 e. The summed E-state index contributed by atoms with van der Waals surface area (Å²) in [5, 5.41) is 2.95. The Balaban J connectivity index is 1.80. The van der Waals surface area contributed by atoms with Crippen LogP contribution in [0.5, 0.6) is 5.75 Å². The lowest BCUT2D eigenvalue weighted by Gasteiger charge is -2.17. The van der Waals surface area contributed by atoms with Gasteiger partial charge in [-0.2, -0.15) is 0 Å². The zero-order valence-electron chi connectivity index (χ0n) is 14.7. The number of para-hydroxylation sites is 1. The van der Waals surface area contributed by atoms with Gasteiger partial charge in [-0.25, -0.2) is 0 Å². The molecule has 0 heterocycles. The molecule has 1 N–H and O–H groups in total. The zero-order chi connectivity index (χ0) is 17.4. The minimum absolute atomic E-state index is 0.00795. The fourth-order valence-corrected chi connectivity index (χ4v) is 2.59. The number of carbonyl (C=O) groups is 1. The van der Waals surface area contributed by atoms with Crippen LogP contribution in [0, 0.1) is 0 Å². The van der Waals surface area contributed by atoms with E-state index in [9.17, 15) is 4.79 Å². The van der Waals surface area contributed by atoms with Gasteiger partial charge >= 0.3 is 0 Å².